The van der Waals surface area contributed by atoms with E-state index in [1.807, 2.05) is 25.3 Å². The van der Waals surface area contributed by atoms with Gasteiger partial charge in [0.1, 0.15) is 17.0 Å². The molecular formula is C16H21N5O2S2. The highest BCUT2D eigenvalue weighted by Gasteiger charge is 2.18. The lowest BCUT2D eigenvalue weighted by Gasteiger charge is -2.11. The van der Waals surface area contributed by atoms with E-state index in [1.165, 1.54) is 11.8 Å². The summed E-state index contributed by atoms with van der Waals surface area (Å²) in [4.78, 5) is 22.0. The Morgan fingerprint density at radius 1 is 1.44 bits per heavy atom. The first-order valence-corrected chi connectivity index (χ1v) is 9.74. The van der Waals surface area contributed by atoms with Crippen molar-refractivity contribution in [1.29, 1.82) is 0 Å². The van der Waals surface area contributed by atoms with Crippen molar-refractivity contribution in [2.24, 2.45) is 0 Å². The number of H-pyrrole nitrogens is 1. The van der Waals surface area contributed by atoms with Crippen molar-refractivity contribution in [2.45, 2.75) is 44.1 Å². The highest BCUT2D eigenvalue weighted by atomic mass is 32.2. The van der Waals surface area contributed by atoms with Gasteiger partial charge in [-0.05, 0) is 32.8 Å². The Morgan fingerprint density at radius 3 is 3.00 bits per heavy atom. The molecule has 25 heavy (non-hydrogen) atoms. The molecule has 7 nitrogen and oxygen atoms in total. The molecular weight excluding hydrogens is 358 g/mol. The molecule has 0 amide bonds. The van der Waals surface area contributed by atoms with E-state index in [1.54, 1.807) is 24.8 Å². The van der Waals surface area contributed by atoms with Gasteiger partial charge in [-0.25, -0.2) is 4.98 Å². The molecule has 0 bridgehead atoms. The van der Waals surface area contributed by atoms with Crippen molar-refractivity contribution < 1.29 is 4.74 Å². The Balaban J connectivity index is 1.82. The first kappa shape index (κ1) is 18.1. The van der Waals surface area contributed by atoms with Crippen molar-refractivity contribution in [1.82, 2.24) is 24.7 Å². The van der Waals surface area contributed by atoms with Gasteiger partial charge in [0.25, 0.3) is 5.56 Å². The minimum absolute atomic E-state index is 0.0369. The number of fused-ring (bicyclic) bond motifs is 1. The molecule has 0 radical (unpaired) electrons. The van der Waals surface area contributed by atoms with E-state index in [2.05, 4.69) is 20.2 Å². The smallest absolute Gasteiger partial charge is 0.259 e. The first-order valence-electron chi connectivity index (χ1n) is 8.04. The van der Waals surface area contributed by atoms with E-state index in [0.717, 1.165) is 33.4 Å². The zero-order valence-corrected chi connectivity index (χ0v) is 16.3. The van der Waals surface area contributed by atoms with Crippen molar-refractivity contribution in [3.05, 3.63) is 32.9 Å². The normalized spacial score (nSPS) is 12.8. The van der Waals surface area contributed by atoms with Gasteiger partial charge < -0.3 is 14.3 Å². The zero-order valence-electron chi connectivity index (χ0n) is 14.7. The lowest BCUT2D eigenvalue weighted by molar-refractivity contribution is 0.189. The molecule has 0 spiro atoms. The van der Waals surface area contributed by atoms with Crippen LogP contribution >= 0.6 is 23.1 Å². The first-order chi connectivity index (χ1) is 12.0. The molecule has 1 N–H and O–H groups in total. The number of aryl methyl sites for hydroxylation is 3. The number of rotatable bonds is 7. The quantitative estimate of drug-likeness (QED) is 0.501. The Morgan fingerprint density at radius 2 is 2.24 bits per heavy atom. The summed E-state index contributed by atoms with van der Waals surface area (Å²) >= 11 is 3.10. The Bertz CT molecular complexity index is 930. The van der Waals surface area contributed by atoms with Crippen LogP contribution in [0.3, 0.4) is 0 Å². The summed E-state index contributed by atoms with van der Waals surface area (Å²) in [5, 5.41) is 9.65. The molecule has 1 atom stereocenters. The number of thiophene rings is 1. The molecule has 3 aromatic rings. The maximum atomic E-state index is 12.4. The number of thioether (sulfide) groups is 1. The number of aromatic nitrogens is 5. The molecule has 0 aromatic carbocycles. The second-order valence-corrected chi connectivity index (χ2v) is 8.34. The van der Waals surface area contributed by atoms with Crippen LogP contribution in [0.1, 0.15) is 34.9 Å². The summed E-state index contributed by atoms with van der Waals surface area (Å²) in [6.07, 6.45) is 2.61. The van der Waals surface area contributed by atoms with E-state index in [-0.39, 0.29) is 10.8 Å². The molecule has 134 valence electrons. The zero-order chi connectivity index (χ0) is 18.0. The van der Waals surface area contributed by atoms with Crippen molar-refractivity contribution in [3.63, 3.8) is 0 Å². The summed E-state index contributed by atoms with van der Waals surface area (Å²) in [7, 11) is 1.69. The average Bonchev–Trinajstić information content (AvgIpc) is 3.12. The van der Waals surface area contributed by atoms with E-state index in [4.69, 9.17) is 4.74 Å². The van der Waals surface area contributed by atoms with Crippen LogP contribution in [0.4, 0.5) is 0 Å². The Hall–Kier alpha value is -1.71. The van der Waals surface area contributed by atoms with Gasteiger partial charge in [0.05, 0.1) is 10.6 Å². The highest BCUT2D eigenvalue weighted by molar-refractivity contribution is 7.99. The second kappa shape index (κ2) is 7.67. The molecule has 0 aliphatic rings. The molecule has 3 heterocycles. The van der Waals surface area contributed by atoms with Crippen LogP contribution in [0.15, 0.2) is 16.3 Å². The number of hydrogen-bond acceptors (Lipinski definition) is 7. The minimum atomic E-state index is -0.0733. The third kappa shape index (κ3) is 3.78. The topological polar surface area (TPSA) is 85.7 Å². The van der Waals surface area contributed by atoms with Gasteiger partial charge in [0.2, 0.25) is 0 Å². The fourth-order valence-electron chi connectivity index (χ4n) is 2.55. The van der Waals surface area contributed by atoms with Crippen molar-refractivity contribution >= 4 is 33.3 Å². The molecule has 9 heteroatoms. The lowest BCUT2D eigenvalue weighted by Crippen LogP contribution is -2.13. The number of ether oxygens (including phenoxy) is 1. The van der Waals surface area contributed by atoms with Gasteiger partial charge in [-0.2, -0.15) is 0 Å². The highest BCUT2D eigenvalue weighted by Crippen LogP contribution is 2.33. The van der Waals surface area contributed by atoms with Crippen molar-refractivity contribution in [2.75, 3.05) is 13.7 Å². The average molecular weight is 380 g/mol. The van der Waals surface area contributed by atoms with Crippen LogP contribution in [-0.4, -0.2) is 38.4 Å². The number of nitrogens with one attached hydrogen (secondary N) is 1. The third-order valence-electron chi connectivity index (χ3n) is 4.05. The number of methoxy groups -OCH3 is 1. The third-order valence-corrected chi connectivity index (χ3v) is 6.26. The van der Waals surface area contributed by atoms with Crippen LogP contribution in [0.25, 0.3) is 10.2 Å². The largest absolute Gasteiger partial charge is 0.385 e. The van der Waals surface area contributed by atoms with Crippen LogP contribution in [0.2, 0.25) is 0 Å². The van der Waals surface area contributed by atoms with Crippen LogP contribution in [0, 0.1) is 13.8 Å². The van der Waals surface area contributed by atoms with Crippen LogP contribution in [-0.2, 0) is 11.3 Å². The van der Waals surface area contributed by atoms with Gasteiger partial charge in [0, 0.05) is 25.1 Å². The molecule has 3 rings (SSSR count). The monoisotopic (exact) mass is 379 g/mol. The molecule has 1 unspecified atom stereocenters. The molecule has 0 aliphatic heterocycles. The fourth-order valence-corrected chi connectivity index (χ4v) is 4.49. The van der Waals surface area contributed by atoms with Gasteiger partial charge in [-0.1, -0.05) is 11.8 Å². The van der Waals surface area contributed by atoms with Crippen molar-refractivity contribution in [3.8, 4) is 0 Å². The summed E-state index contributed by atoms with van der Waals surface area (Å²) < 4.78 is 7.08. The van der Waals surface area contributed by atoms with E-state index in [0.29, 0.717) is 17.8 Å². The summed E-state index contributed by atoms with van der Waals surface area (Å²) in [6.45, 7) is 7.48. The molecule has 0 saturated carbocycles. The van der Waals surface area contributed by atoms with E-state index < -0.39 is 0 Å². The molecule has 0 saturated heterocycles. The summed E-state index contributed by atoms with van der Waals surface area (Å²) in [6, 6.07) is 0. The standard InChI is InChI=1S/C16H21N5O2S2/c1-9-10(2)24-15-12(9)14(22)18-13(19-15)11(3)25-16-20-17-8-21(16)6-5-7-23-4/h8,11H,5-7H2,1-4H3,(H,18,19,22). The van der Waals surface area contributed by atoms with Gasteiger partial charge in [0.15, 0.2) is 5.16 Å². The Kier molecular flexibility index (Phi) is 5.55. The Labute approximate surface area is 153 Å². The molecule has 3 aromatic heterocycles. The number of aromatic amines is 1. The SMILES string of the molecule is COCCCn1cnnc1SC(C)c1nc2sc(C)c(C)c2c(=O)[nH]1. The predicted octanol–water partition coefficient (Wildman–Crippen LogP) is 3.08. The minimum Gasteiger partial charge on any atom is -0.385 e. The van der Waals surface area contributed by atoms with Gasteiger partial charge in [-0.3, -0.25) is 4.79 Å². The van der Waals surface area contributed by atoms with Crippen LogP contribution in [0.5, 0.6) is 0 Å². The lowest BCUT2D eigenvalue weighted by atomic mass is 10.2. The summed E-state index contributed by atoms with van der Waals surface area (Å²) in [5.41, 5.74) is 0.939. The molecule has 0 fully saturated rings. The summed E-state index contributed by atoms with van der Waals surface area (Å²) in [5.74, 6) is 0.662. The number of hydrogen-bond donors (Lipinski definition) is 1. The number of nitrogens with zero attached hydrogens (tertiary/aromatic N) is 4. The van der Waals surface area contributed by atoms with Gasteiger partial charge >= 0.3 is 0 Å². The van der Waals surface area contributed by atoms with E-state index in [9.17, 15) is 4.79 Å². The van der Waals surface area contributed by atoms with Gasteiger partial charge in [-0.15, -0.1) is 21.5 Å². The van der Waals surface area contributed by atoms with E-state index >= 15 is 0 Å². The maximum Gasteiger partial charge on any atom is 0.259 e. The molecule has 0 aliphatic carbocycles. The van der Waals surface area contributed by atoms with Crippen LogP contribution < -0.4 is 5.56 Å². The maximum absolute atomic E-state index is 12.4. The predicted molar refractivity (Wildman–Crippen MR) is 101 cm³/mol. The fraction of sp³-hybridized carbons (Fsp3) is 0.500. The second-order valence-electron chi connectivity index (χ2n) is 5.83.